The van der Waals surface area contributed by atoms with Crippen molar-refractivity contribution >= 4 is 49.3 Å². The molecule has 0 heterocycles. The predicted molar refractivity (Wildman–Crippen MR) is 90.9 cm³/mol. The van der Waals surface area contributed by atoms with Crippen LogP contribution in [0.5, 0.6) is 0 Å². The van der Waals surface area contributed by atoms with Gasteiger partial charge in [-0.25, -0.2) is 0 Å². The molecule has 0 aromatic rings. The topological polar surface area (TPSA) is 130 Å². The number of amides is 3. The van der Waals surface area contributed by atoms with Gasteiger partial charge in [-0.15, -0.1) is 0 Å². The van der Waals surface area contributed by atoms with Gasteiger partial charge in [0, 0.05) is 0 Å². The molecule has 0 spiro atoms. The fourth-order valence-corrected chi connectivity index (χ4v) is 2.16. The Morgan fingerprint density at radius 2 is 1.48 bits per heavy atom. The molecule has 0 aliphatic heterocycles. The molecule has 0 saturated heterocycles. The molecule has 0 fully saturated rings. The Morgan fingerprint density at radius 1 is 0.957 bits per heavy atom. The Morgan fingerprint density at radius 3 is 1.87 bits per heavy atom. The fourth-order valence-electron chi connectivity index (χ4n) is 1.04. The van der Waals surface area contributed by atoms with E-state index in [0.29, 0.717) is 29.7 Å². The van der Waals surface area contributed by atoms with E-state index in [0.717, 1.165) is 0 Å². The first-order valence-electron chi connectivity index (χ1n) is 7.58. The number of carbonyl (C=O) groups is 4. The Kier molecular flexibility index (Phi) is 22.2. The molecule has 1 atom stereocenters. The summed E-state index contributed by atoms with van der Waals surface area (Å²) < 4.78 is 0.514. The van der Waals surface area contributed by atoms with E-state index in [4.69, 9.17) is 5.73 Å². The van der Waals surface area contributed by atoms with Crippen molar-refractivity contribution in [3.05, 3.63) is 0 Å². The number of hydrogen-bond acceptors (Lipinski definition) is 5. The van der Waals surface area contributed by atoms with E-state index >= 15 is 0 Å². The third-order valence-electron chi connectivity index (χ3n) is 2.00. The zero-order valence-corrected chi connectivity index (χ0v) is 18.5. The summed E-state index contributed by atoms with van der Waals surface area (Å²) in [4.78, 5) is 44.7. The van der Waals surface area contributed by atoms with E-state index in [2.05, 4.69) is 16.0 Å². The molecule has 9 heteroatoms. The quantitative estimate of drug-likeness (QED) is 0.299. The van der Waals surface area contributed by atoms with Crippen molar-refractivity contribution in [1.29, 1.82) is 0 Å². The summed E-state index contributed by atoms with van der Waals surface area (Å²) >= 11 is 0.712. The van der Waals surface area contributed by atoms with Crippen LogP contribution in [-0.4, -0.2) is 74.9 Å². The molecule has 0 aliphatic carbocycles. The first-order valence-corrected chi connectivity index (χ1v) is 10.3. The monoisotopic (exact) mass is 525 g/mol. The number of hydrogen-bond donors (Lipinski definition) is 4. The molecule has 0 aliphatic rings. The van der Waals surface area contributed by atoms with Crippen molar-refractivity contribution in [2.24, 2.45) is 5.73 Å². The second-order valence-corrected chi connectivity index (χ2v) is 5.31. The summed E-state index contributed by atoms with van der Waals surface area (Å²) in [7, 11) is 0. The van der Waals surface area contributed by atoms with Gasteiger partial charge in [0.1, 0.15) is 0 Å². The first-order chi connectivity index (χ1) is 10.9. The summed E-state index contributed by atoms with van der Waals surface area (Å²) in [6.45, 7) is 8.87. The van der Waals surface area contributed by atoms with Crippen LogP contribution in [0.15, 0.2) is 0 Å². The van der Waals surface area contributed by atoms with Crippen LogP contribution in [0.2, 0.25) is 3.98 Å². The molecule has 0 aromatic heterocycles. The van der Waals surface area contributed by atoms with E-state index in [9.17, 15) is 19.2 Å². The summed E-state index contributed by atoms with van der Waals surface area (Å²) in [5.41, 5.74) is 5.07. The molecule has 23 heavy (non-hydrogen) atoms. The molecule has 5 N–H and O–H groups in total. The average Bonchev–Trinajstić information content (AvgIpc) is 2.58. The van der Waals surface area contributed by atoms with Gasteiger partial charge in [-0.1, -0.05) is 27.7 Å². The molecular weight excluding hydrogens is 495 g/mol. The van der Waals surface area contributed by atoms with Crippen molar-refractivity contribution in [3.8, 4) is 0 Å². The molecule has 0 bridgehead atoms. The molecular formula is C14H29N4O4Pb. The molecule has 133 valence electrons. The van der Waals surface area contributed by atoms with Crippen molar-refractivity contribution in [1.82, 2.24) is 16.0 Å². The molecule has 8 nitrogen and oxygen atoms in total. The molecule has 3 amide bonds. The predicted octanol–water partition coefficient (Wildman–Crippen LogP) is -1.11. The Hall–Kier alpha value is -1.04. The van der Waals surface area contributed by atoms with E-state index < -0.39 is 23.8 Å². The molecule has 3 radical (unpaired) electrons. The zero-order chi connectivity index (χ0) is 18.8. The van der Waals surface area contributed by atoms with E-state index in [-0.39, 0.29) is 25.4 Å². The number of ketones is 1. The van der Waals surface area contributed by atoms with Gasteiger partial charge in [0.05, 0.1) is 0 Å². The van der Waals surface area contributed by atoms with Crippen LogP contribution >= 0.6 is 0 Å². The van der Waals surface area contributed by atoms with Crippen LogP contribution in [0, 0.1) is 0 Å². The van der Waals surface area contributed by atoms with Crippen LogP contribution in [0.1, 0.15) is 34.6 Å². The zero-order valence-electron chi connectivity index (χ0n) is 14.6. The maximum atomic E-state index is 11.6. The standard InChI is InChI=1S/C10H17N4O4.2C2H6.Pb/c1-6(15)4-13-10(18)7(2)14-9(17)5-12-8(16)3-11;2*1-2;/h7H,2-5,11H2,1H3,(H,12,16)(H,13,18)(H,14,17);2*1-2H3;. The van der Waals surface area contributed by atoms with Gasteiger partial charge < -0.3 is 0 Å². The minimum atomic E-state index is -0.673. The summed E-state index contributed by atoms with van der Waals surface area (Å²) in [5.74, 6) is -1.48. The fraction of sp³-hybridized carbons (Fsp3) is 0.714. The summed E-state index contributed by atoms with van der Waals surface area (Å²) in [6, 6.07) is -0.673. The number of nitrogens with one attached hydrogen (secondary N) is 3. The Labute approximate surface area is 154 Å². The summed E-state index contributed by atoms with van der Waals surface area (Å²) in [5, 5.41) is 7.21. The third kappa shape index (κ3) is 17.2. The average molecular weight is 525 g/mol. The summed E-state index contributed by atoms with van der Waals surface area (Å²) in [6.07, 6.45) is 0. The van der Waals surface area contributed by atoms with E-state index in [1.165, 1.54) is 6.92 Å². The van der Waals surface area contributed by atoms with Gasteiger partial charge >= 0.3 is 127 Å². The van der Waals surface area contributed by atoms with Crippen molar-refractivity contribution in [2.75, 3.05) is 19.6 Å². The van der Waals surface area contributed by atoms with Gasteiger partial charge in [-0.05, 0) is 0 Å². The number of rotatable bonds is 8. The number of Topliss-reactive ketones (excluding diaryl/α,β-unsaturated/α-hetero) is 1. The maximum absolute atomic E-state index is 11.6. The van der Waals surface area contributed by atoms with Gasteiger partial charge in [0.25, 0.3) is 0 Å². The van der Waals surface area contributed by atoms with Crippen LogP contribution in [-0.2, 0) is 19.2 Å². The van der Waals surface area contributed by atoms with Crippen molar-refractivity contribution < 1.29 is 19.2 Å². The molecule has 0 aromatic carbocycles. The number of carbonyl (C=O) groups excluding carboxylic acids is 4. The SMILES string of the molecule is CC.CC.CC(=O)CNC(=O)C([CH2][Pb])NC(=O)CNC(=O)CN. The second-order valence-electron chi connectivity index (χ2n) is 3.72. The minimum absolute atomic E-state index is 0.0589. The first kappa shape index (κ1) is 26.8. The van der Waals surface area contributed by atoms with Crippen molar-refractivity contribution in [3.63, 3.8) is 0 Å². The van der Waals surface area contributed by atoms with Gasteiger partial charge in [-0.2, -0.15) is 0 Å². The Balaban J connectivity index is -0.000000919. The van der Waals surface area contributed by atoms with Crippen LogP contribution in [0.4, 0.5) is 0 Å². The second kappa shape index (κ2) is 19.0. The number of nitrogens with two attached hydrogens (primary N) is 1. The van der Waals surface area contributed by atoms with E-state index in [1.54, 1.807) is 0 Å². The third-order valence-corrected chi connectivity index (χ3v) is 3.59. The Bertz CT molecular complexity index is 365. The molecule has 1 unspecified atom stereocenters. The van der Waals surface area contributed by atoms with Crippen LogP contribution in [0.25, 0.3) is 0 Å². The van der Waals surface area contributed by atoms with Gasteiger partial charge in [0.15, 0.2) is 0 Å². The van der Waals surface area contributed by atoms with Gasteiger partial charge in [0.2, 0.25) is 0 Å². The van der Waals surface area contributed by atoms with Crippen molar-refractivity contribution in [2.45, 2.75) is 44.6 Å². The van der Waals surface area contributed by atoms with Crippen LogP contribution < -0.4 is 21.7 Å². The van der Waals surface area contributed by atoms with E-state index in [1.807, 2.05) is 27.7 Å². The molecule has 0 saturated carbocycles. The normalized spacial score (nSPS) is 9.87. The van der Waals surface area contributed by atoms with Gasteiger partial charge in [-0.3, -0.25) is 0 Å². The van der Waals surface area contributed by atoms with Crippen LogP contribution in [0.3, 0.4) is 0 Å². The molecule has 0 rings (SSSR count).